The minimum atomic E-state index is -0.149. The number of rotatable bonds is 7. The molecule has 7 heteroatoms. The number of para-hydroxylation sites is 2. The molecule has 3 rings (SSSR count). The summed E-state index contributed by atoms with van der Waals surface area (Å²) in [6, 6.07) is 13.3. The van der Waals surface area contributed by atoms with Crippen molar-refractivity contribution in [1.82, 2.24) is 14.9 Å². The largest absolute Gasteiger partial charge is 0.352 e. The zero-order valence-corrected chi connectivity index (χ0v) is 17.1. The molecule has 2 N–H and O–H groups in total. The molecule has 0 fully saturated rings. The van der Waals surface area contributed by atoms with Gasteiger partial charge in [-0.05, 0) is 50.6 Å². The van der Waals surface area contributed by atoms with Crippen molar-refractivity contribution in [2.24, 2.45) is 0 Å². The van der Waals surface area contributed by atoms with Gasteiger partial charge in [0.1, 0.15) is 0 Å². The predicted molar refractivity (Wildman–Crippen MR) is 114 cm³/mol. The molecule has 0 aliphatic carbocycles. The number of nitrogens with zero attached hydrogens (tertiary/aromatic N) is 2. The third kappa shape index (κ3) is 4.36. The number of aromatic nitrogens is 2. The van der Waals surface area contributed by atoms with Gasteiger partial charge in [-0.2, -0.15) is 0 Å². The summed E-state index contributed by atoms with van der Waals surface area (Å²) >= 11 is 1.41. The SMILES string of the molecule is CCNC(=O)c1ccc(C)c(NC(=O)CSc2nc3ccccc3n2CC)c1. The maximum Gasteiger partial charge on any atom is 0.251 e. The fourth-order valence-corrected chi connectivity index (χ4v) is 3.82. The van der Waals surface area contributed by atoms with Crippen LogP contribution in [0, 0.1) is 6.92 Å². The van der Waals surface area contributed by atoms with Crippen LogP contribution in [0.3, 0.4) is 0 Å². The van der Waals surface area contributed by atoms with Crippen molar-refractivity contribution in [3.63, 3.8) is 0 Å². The van der Waals surface area contributed by atoms with Crippen LogP contribution in [0.25, 0.3) is 11.0 Å². The number of aryl methyl sites for hydroxylation is 2. The maximum absolute atomic E-state index is 12.5. The van der Waals surface area contributed by atoms with Crippen LogP contribution in [0.4, 0.5) is 5.69 Å². The van der Waals surface area contributed by atoms with E-state index in [0.29, 0.717) is 17.8 Å². The smallest absolute Gasteiger partial charge is 0.251 e. The number of carbonyl (C=O) groups is 2. The van der Waals surface area contributed by atoms with Crippen LogP contribution >= 0.6 is 11.8 Å². The number of benzene rings is 2. The molecule has 0 radical (unpaired) electrons. The van der Waals surface area contributed by atoms with Gasteiger partial charge in [-0.3, -0.25) is 9.59 Å². The molecule has 1 aromatic heterocycles. The van der Waals surface area contributed by atoms with Gasteiger partial charge in [0.05, 0.1) is 16.8 Å². The summed E-state index contributed by atoms with van der Waals surface area (Å²) in [5, 5.41) is 6.50. The predicted octanol–water partition coefficient (Wildman–Crippen LogP) is 3.85. The Balaban J connectivity index is 1.70. The molecule has 6 nitrogen and oxygen atoms in total. The Bertz CT molecular complexity index is 1010. The van der Waals surface area contributed by atoms with Crippen LogP contribution in [0.2, 0.25) is 0 Å². The Morgan fingerprint density at radius 3 is 2.68 bits per heavy atom. The number of imidazole rings is 1. The van der Waals surface area contributed by atoms with Crippen molar-refractivity contribution in [2.45, 2.75) is 32.5 Å². The van der Waals surface area contributed by atoms with Crippen LogP contribution in [0.1, 0.15) is 29.8 Å². The Morgan fingerprint density at radius 1 is 1.14 bits per heavy atom. The van der Waals surface area contributed by atoms with E-state index in [-0.39, 0.29) is 17.6 Å². The van der Waals surface area contributed by atoms with E-state index in [0.717, 1.165) is 28.3 Å². The highest BCUT2D eigenvalue weighted by Crippen LogP contribution is 2.24. The van der Waals surface area contributed by atoms with Gasteiger partial charge in [-0.25, -0.2) is 4.98 Å². The Morgan fingerprint density at radius 2 is 1.93 bits per heavy atom. The number of hydrogen-bond donors (Lipinski definition) is 2. The Kier molecular flexibility index (Phi) is 6.36. The van der Waals surface area contributed by atoms with Crippen LogP contribution in [-0.2, 0) is 11.3 Å². The number of amides is 2. The molecule has 0 aliphatic rings. The van der Waals surface area contributed by atoms with E-state index in [1.54, 1.807) is 12.1 Å². The maximum atomic E-state index is 12.5. The van der Waals surface area contributed by atoms with E-state index in [1.165, 1.54) is 11.8 Å². The third-order valence-electron chi connectivity index (χ3n) is 4.38. The van der Waals surface area contributed by atoms with Crippen molar-refractivity contribution in [2.75, 3.05) is 17.6 Å². The first-order valence-corrected chi connectivity index (χ1v) is 10.3. The molecule has 0 saturated heterocycles. The lowest BCUT2D eigenvalue weighted by atomic mass is 10.1. The second kappa shape index (κ2) is 8.93. The molecule has 0 aliphatic heterocycles. The summed E-state index contributed by atoms with van der Waals surface area (Å²) < 4.78 is 2.11. The van der Waals surface area contributed by atoms with Gasteiger partial charge in [0, 0.05) is 24.3 Å². The van der Waals surface area contributed by atoms with Gasteiger partial charge in [-0.1, -0.05) is 30.0 Å². The first-order chi connectivity index (χ1) is 13.5. The lowest BCUT2D eigenvalue weighted by Gasteiger charge is -2.11. The fourth-order valence-electron chi connectivity index (χ4n) is 2.95. The van der Waals surface area contributed by atoms with E-state index in [1.807, 2.05) is 44.2 Å². The standard InChI is InChI=1S/C21H24N4O2S/c1-4-22-20(27)15-11-10-14(3)17(12-15)23-19(26)13-28-21-24-16-8-6-7-9-18(16)25(21)5-2/h6-12H,4-5,13H2,1-3H3,(H,22,27)(H,23,26). The average Bonchev–Trinajstić information content (AvgIpc) is 3.05. The molecule has 146 valence electrons. The van der Waals surface area contributed by atoms with E-state index in [4.69, 9.17) is 0 Å². The summed E-state index contributed by atoms with van der Waals surface area (Å²) in [5.41, 5.74) is 4.09. The monoisotopic (exact) mass is 396 g/mol. The van der Waals surface area contributed by atoms with Crippen molar-refractivity contribution in [1.29, 1.82) is 0 Å². The van der Waals surface area contributed by atoms with Gasteiger partial charge in [0.25, 0.3) is 5.91 Å². The third-order valence-corrected chi connectivity index (χ3v) is 5.36. The lowest BCUT2D eigenvalue weighted by Crippen LogP contribution is -2.23. The van der Waals surface area contributed by atoms with Gasteiger partial charge >= 0.3 is 0 Å². The summed E-state index contributed by atoms with van der Waals surface area (Å²) in [6.07, 6.45) is 0. The Labute approximate surface area is 168 Å². The van der Waals surface area contributed by atoms with Gasteiger partial charge < -0.3 is 15.2 Å². The second-order valence-electron chi connectivity index (χ2n) is 6.35. The van der Waals surface area contributed by atoms with Crippen LogP contribution in [0.15, 0.2) is 47.6 Å². The van der Waals surface area contributed by atoms with E-state index in [2.05, 4.69) is 27.1 Å². The first-order valence-electron chi connectivity index (χ1n) is 9.30. The van der Waals surface area contributed by atoms with Gasteiger partial charge in [-0.15, -0.1) is 0 Å². The van der Waals surface area contributed by atoms with E-state index < -0.39 is 0 Å². The minimum Gasteiger partial charge on any atom is -0.352 e. The van der Waals surface area contributed by atoms with Crippen LogP contribution < -0.4 is 10.6 Å². The molecule has 0 bridgehead atoms. The molecule has 1 heterocycles. The normalized spacial score (nSPS) is 10.8. The minimum absolute atomic E-state index is 0.129. The number of thioether (sulfide) groups is 1. The summed E-state index contributed by atoms with van der Waals surface area (Å²) in [4.78, 5) is 29.1. The molecule has 2 amide bonds. The highest BCUT2D eigenvalue weighted by atomic mass is 32.2. The number of carbonyl (C=O) groups excluding carboxylic acids is 2. The zero-order chi connectivity index (χ0) is 20.1. The second-order valence-corrected chi connectivity index (χ2v) is 7.30. The number of anilines is 1. The van der Waals surface area contributed by atoms with Crippen molar-refractivity contribution in [3.8, 4) is 0 Å². The quantitative estimate of drug-likeness (QED) is 0.595. The topological polar surface area (TPSA) is 76.0 Å². The van der Waals surface area contributed by atoms with Crippen molar-refractivity contribution >= 4 is 40.3 Å². The van der Waals surface area contributed by atoms with Gasteiger partial charge in [0.15, 0.2) is 5.16 Å². The zero-order valence-electron chi connectivity index (χ0n) is 16.3. The van der Waals surface area contributed by atoms with Gasteiger partial charge in [0.2, 0.25) is 5.91 Å². The summed E-state index contributed by atoms with van der Waals surface area (Å²) in [6.45, 7) is 7.19. The highest BCUT2D eigenvalue weighted by molar-refractivity contribution is 7.99. The van der Waals surface area contributed by atoms with E-state index >= 15 is 0 Å². The number of hydrogen-bond acceptors (Lipinski definition) is 4. The lowest BCUT2D eigenvalue weighted by molar-refractivity contribution is -0.113. The molecular weight excluding hydrogens is 372 g/mol. The molecule has 0 atom stereocenters. The molecule has 0 unspecified atom stereocenters. The van der Waals surface area contributed by atoms with Crippen LogP contribution in [0.5, 0.6) is 0 Å². The Hall–Kier alpha value is -2.80. The molecule has 0 saturated carbocycles. The van der Waals surface area contributed by atoms with E-state index in [9.17, 15) is 9.59 Å². The summed E-state index contributed by atoms with van der Waals surface area (Å²) in [7, 11) is 0. The summed E-state index contributed by atoms with van der Waals surface area (Å²) in [5.74, 6) is -0.0337. The first kappa shape index (κ1) is 19.9. The molecule has 0 spiro atoms. The average molecular weight is 397 g/mol. The molecule has 2 aromatic carbocycles. The number of fused-ring (bicyclic) bond motifs is 1. The van der Waals surface area contributed by atoms with Crippen molar-refractivity contribution < 1.29 is 9.59 Å². The fraction of sp³-hybridized carbons (Fsp3) is 0.286. The molecular formula is C21H24N4O2S. The molecule has 3 aromatic rings. The van der Waals surface area contributed by atoms with Crippen LogP contribution in [-0.4, -0.2) is 33.7 Å². The van der Waals surface area contributed by atoms with Crippen molar-refractivity contribution in [3.05, 3.63) is 53.6 Å². The highest BCUT2D eigenvalue weighted by Gasteiger charge is 2.13. The molecule has 28 heavy (non-hydrogen) atoms. The number of nitrogens with one attached hydrogen (secondary N) is 2.